The van der Waals surface area contributed by atoms with Crippen molar-refractivity contribution in [2.45, 2.75) is 64.8 Å². The average Bonchev–Trinajstić information content (AvgIpc) is 2.75. The molecular formula is C14H30N2. The Hall–Kier alpha value is -0.0800. The molecule has 2 nitrogen and oxygen atoms in total. The minimum atomic E-state index is 0.787. The summed E-state index contributed by atoms with van der Waals surface area (Å²) in [6, 6.07) is 0.826. The zero-order valence-corrected chi connectivity index (χ0v) is 11.2. The Morgan fingerprint density at radius 1 is 1.19 bits per heavy atom. The molecule has 1 aliphatic rings. The molecule has 2 heteroatoms. The largest absolute Gasteiger partial charge is 0.330 e. The maximum Gasteiger partial charge on any atom is 0.00670 e. The van der Waals surface area contributed by atoms with Crippen LogP contribution in [0.15, 0.2) is 0 Å². The van der Waals surface area contributed by atoms with E-state index in [9.17, 15) is 0 Å². The number of nitrogens with one attached hydrogen (secondary N) is 1. The normalized spacial score (nSPS) is 19.5. The highest BCUT2D eigenvalue weighted by Gasteiger charge is 2.15. The summed E-state index contributed by atoms with van der Waals surface area (Å²) in [5, 5.41) is 3.69. The highest BCUT2D eigenvalue weighted by molar-refractivity contribution is 4.73. The average molecular weight is 226 g/mol. The van der Waals surface area contributed by atoms with Crippen LogP contribution in [0.1, 0.15) is 58.8 Å². The molecule has 0 bridgehead atoms. The zero-order chi connectivity index (χ0) is 11.8. The van der Waals surface area contributed by atoms with Crippen molar-refractivity contribution in [3.8, 4) is 0 Å². The first-order valence-electron chi connectivity index (χ1n) is 7.17. The minimum Gasteiger partial charge on any atom is -0.330 e. The molecule has 0 aliphatic heterocycles. The molecule has 0 spiro atoms. The van der Waals surface area contributed by atoms with E-state index in [1.807, 2.05) is 0 Å². The van der Waals surface area contributed by atoms with E-state index in [1.54, 1.807) is 0 Å². The van der Waals surface area contributed by atoms with Crippen LogP contribution in [-0.4, -0.2) is 19.1 Å². The van der Waals surface area contributed by atoms with E-state index in [-0.39, 0.29) is 0 Å². The van der Waals surface area contributed by atoms with Crippen LogP contribution in [-0.2, 0) is 0 Å². The Labute approximate surface area is 101 Å². The maximum absolute atomic E-state index is 5.66. The Balaban J connectivity index is 2.03. The lowest BCUT2D eigenvalue weighted by Gasteiger charge is -2.20. The fourth-order valence-corrected chi connectivity index (χ4v) is 2.83. The van der Waals surface area contributed by atoms with Crippen LogP contribution in [0.2, 0.25) is 0 Å². The molecule has 1 unspecified atom stereocenters. The molecule has 16 heavy (non-hydrogen) atoms. The van der Waals surface area contributed by atoms with Crippen LogP contribution >= 0.6 is 0 Å². The van der Waals surface area contributed by atoms with Crippen LogP contribution in [0, 0.1) is 11.8 Å². The van der Waals surface area contributed by atoms with Crippen LogP contribution in [0.4, 0.5) is 0 Å². The van der Waals surface area contributed by atoms with Crippen molar-refractivity contribution >= 4 is 0 Å². The van der Waals surface area contributed by atoms with E-state index in [4.69, 9.17) is 5.73 Å². The highest BCUT2D eigenvalue weighted by Crippen LogP contribution is 2.21. The minimum absolute atomic E-state index is 0.787. The molecule has 1 rings (SSSR count). The van der Waals surface area contributed by atoms with Gasteiger partial charge in [0.05, 0.1) is 0 Å². The van der Waals surface area contributed by atoms with E-state index in [1.165, 1.54) is 51.5 Å². The van der Waals surface area contributed by atoms with Crippen LogP contribution in [0.3, 0.4) is 0 Å². The fourth-order valence-electron chi connectivity index (χ4n) is 2.83. The smallest absolute Gasteiger partial charge is 0.00670 e. The molecule has 1 saturated carbocycles. The third-order valence-electron chi connectivity index (χ3n) is 4.02. The van der Waals surface area contributed by atoms with Gasteiger partial charge in [-0.2, -0.15) is 0 Å². The van der Waals surface area contributed by atoms with Gasteiger partial charge < -0.3 is 11.1 Å². The summed E-state index contributed by atoms with van der Waals surface area (Å²) in [4.78, 5) is 0. The molecule has 1 fully saturated rings. The summed E-state index contributed by atoms with van der Waals surface area (Å²) >= 11 is 0. The van der Waals surface area contributed by atoms with Crippen molar-refractivity contribution in [1.29, 1.82) is 0 Å². The van der Waals surface area contributed by atoms with Crippen LogP contribution in [0.25, 0.3) is 0 Å². The van der Waals surface area contributed by atoms with Gasteiger partial charge in [-0.25, -0.2) is 0 Å². The number of hydrogen-bond donors (Lipinski definition) is 2. The van der Waals surface area contributed by atoms with Gasteiger partial charge >= 0.3 is 0 Å². The van der Waals surface area contributed by atoms with E-state index in [2.05, 4.69) is 19.2 Å². The van der Waals surface area contributed by atoms with Gasteiger partial charge in [0.25, 0.3) is 0 Å². The van der Waals surface area contributed by atoms with Crippen molar-refractivity contribution < 1.29 is 0 Å². The molecule has 0 radical (unpaired) electrons. The highest BCUT2D eigenvalue weighted by atomic mass is 14.9. The molecule has 0 saturated heterocycles. The second-order valence-corrected chi connectivity index (χ2v) is 5.66. The third-order valence-corrected chi connectivity index (χ3v) is 4.02. The molecule has 3 N–H and O–H groups in total. The number of rotatable bonds is 8. The van der Waals surface area contributed by atoms with Gasteiger partial charge in [-0.1, -0.05) is 26.7 Å². The lowest BCUT2D eigenvalue weighted by atomic mass is 9.88. The Morgan fingerprint density at radius 2 is 1.88 bits per heavy atom. The predicted octanol–water partition coefficient (Wildman–Crippen LogP) is 2.92. The van der Waals surface area contributed by atoms with E-state index >= 15 is 0 Å². The molecule has 96 valence electrons. The molecule has 1 aliphatic carbocycles. The summed E-state index contributed by atoms with van der Waals surface area (Å²) in [6.45, 7) is 6.70. The SMILES string of the molecule is CC(C)C(CCN)CCCNC1CCCC1. The summed E-state index contributed by atoms with van der Waals surface area (Å²) < 4.78 is 0. The van der Waals surface area contributed by atoms with Crippen molar-refractivity contribution in [1.82, 2.24) is 5.32 Å². The Kier molecular flexibility index (Phi) is 7.06. The van der Waals surface area contributed by atoms with Crippen LogP contribution < -0.4 is 11.1 Å². The van der Waals surface area contributed by atoms with Gasteiger partial charge in [-0.3, -0.25) is 0 Å². The molecule has 0 aromatic rings. The van der Waals surface area contributed by atoms with Gasteiger partial charge in [0, 0.05) is 6.04 Å². The first kappa shape index (κ1) is 14.0. The van der Waals surface area contributed by atoms with Crippen molar-refractivity contribution in [3.63, 3.8) is 0 Å². The summed E-state index contributed by atoms with van der Waals surface area (Å²) in [7, 11) is 0. The molecule has 0 aromatic carbocycles. The van der Waals surface area contributed by atoms with E-state index < -0.39 is 0 Å². The summed E-state index contributed by atoms with van der Waals surface area (Å²) in [5.74, 6) is 1.62. The fraction of sp³-hybridized carbons (Fsp3) is 1.00. The second kappa shape index (κ2) is 8.08. The van der Waals surface area contributed by atoms with E-state index in [0.29, 0.717) is 0 Å². The standard InChI is InChI=1S/C14H30N2/c1-12(2)13(9-10-15)6-5-11-16-14-7-3-4-8-14/h12-14,16H,3-11,15H2,1-2H3. The number of nitrogens with two attached hydrogens (primary N) is 1. The van der Waals surface area contributed by atoms with Crippen molar-refractivity contribution in [3.05, 3.63) is 0 Å². The number of hydrogen-bond acceptors (Lipinski definition) is 2. The topological polar surface area (TPSA) is 38.0 Å². The van der Waals surface area contributed by atoms with Gasteiger partial charge in [-0.15, -0.1) is 0 Å². The van der Waals surface area contributed by atoms with Crippen molar-refractivity contribution in [2.75, 3.05) is 13.1 Å². The lowest BCUT2D eigenvalue weighted by Crippen LogP contribution is -2.27. The Morgan fingerprint density at radius 3 is 2.44 bits per heavy atom. The van der Waals surface area contributed by atoms with Crippen LogP contribution in [0.5, 0.6) is 0 Å². The third kappa shape index (κ3) is 5.31. The second-order valence-electron chi connectivity index (χ2n) is 5.66. The first-order valence-corrected chi connectivity index (χ1v) is 7.17. The Bertz CT molecular complexity index is 162. The van der Waals surface area contributed by atoms with Gasteiger partial charge in [0.1, 0.15) is 0 Å². The lowest BCUT2D eigenvalue weighted by molar-refractivity contribution is 0.328. The van der Waals surface area contributed by atoms with Crippen molar-refractivity contribution in [2.24, 2.45) is 17.6 Å². The first-order chi connectivity index (χ1) is 7.74. The molecule has 0 heterocycles. The predicted molar refractivity (Wildman–Crippen MR) is 71.5 cm³/mol. The zero-order valence-electron chi connectivity index (χ0n) is 11.2. The quantitative estimate of drug-likeness (QED) is 0.625. The van der Waals surface area contributed by atoms with E-state index in [0.717, 1.165) is 24.4 Å². The van der Waals surface area contributed by atoms with Gasteiger partial charge in [-0.05, 0) is 57.0 Å². The molecule has 1 atom stereocenters. The van der Waals surface area contributed by atoms with Gasteiger partial charge in [0.15, 0.2) is 0 Å². The maximum atomic E-state index is 5.66. The molecule has 0 amide bonds. The summed E-state index contributed by atoms with van der Waals surface area (Å²) in [5.41, 5.74) is 5.66. The molecular weight excluding hydrogens is 196 g/mol. The molecule has 0 aromatic heterocycles. The summed E-state index contributed by atoms with van der Waals surface area (Å²) in [6.07, 6.45) is 9.51. The van der Waals surface area contributed by atoms with Gasteiger partial charge in [0.2, 0.25) is 0 Å². The monoisotopic (exact) mass is 226 g/mol.